The van der Waals surface area contributed by atoms with Crippen LogP contribution in [0, 0.1) is 0 Å². The third-order valence-electron chi connectivity index (χ3n) is 2.31. The van der Waals surface area contributed by atoms with Crippen molar-refractivity contribution in [1.82, 2.24) is 0 Å². The summed E-state index contributed by atoms with van der Waals surface area (Å²) in [5, 5.41) is 2.35. The molecule has 1 aromatic carbocycles. The maximum absolute atomic E-state index is 12.6. The molecule has 1 rings (SSSR count). The summed E-state index contributed by atoms with van der Waals surface area (Å²) in [7, 11) is 0. The summed E-state index contributed by atoms with van der Waals surface area (Å²) in [5.74, 6) is -0.570. The van der Waals surface area contributed by atoms with E-state index in [4.69, 9.17) is 5.73 Å². The molecule has 0 heterocycles. The van der Waals surface area contributed by atoms with Gasteiger partial charge in [-0.3, -0.25) is 4.79 Å². The monoisotopic (exact) mass is 336 g/mol. The zero-order chi connectivity index (χ0) is 14.6. The molecule has 0 spiro atoms. The van der Waals surface area contributed by atoms with Gasteiger partial charge < -0.3 is 11.1 Å². The molecular weight excluding hydrogens is 325 g/mol. The van der Waals surface area contributed by atoms with Crippen molar-refractivity contribution in [3.63, 3.8) is 0 Å². The topological polar surface area (TPSA) is 55.1 Å². The SMILES string of the molecule is C=CCC(N)C(=O)Nc1cc(C(F)(F)F)ccc1Br. The minimum atomic E-state index is -4.47. The molecule has 1 aromatic rings. The number of hydrogen-bond donors (Lipinski definition) is 2. The van der Waals surface area contributed by atoms with E-state index < -0.39 is 23.7 Å². The van der Waals surface area contributed by atoms with Gasteiger partial charge in [0.15, 0.2) is 0 Å². The first-order valence-electron chi connectivity index (χ1n) is 5.29. The van der Waals surface area contributed by atoms with Gasteiger partial charge in [-0.2, -0.15) is 13.2 Å². The molecule has 3 N–H and O–H groups in total. The summed E-state index contributed by atoms with van der Waals surface area (Å²) >= 11 is 3.07. The van der Waals surface area contributed by atoms with E-state index in [1.165, 1.54) is 12.1 Å². The molecule has 0 aliphatic rings. The van der Waals surface area contributed by atoms with Gasteiger partial charge in [-0.25, -0.2) is 0 Å². The average molecular weight is 337 g/mol. The Hall–Kier alpha value is -1.34. The Labute approximate surface area is 116 Å². The Morgan fingerprint density at radius 2 is 2.16 bits per heavy atom. The molecular formula is C12H12BrF3N2O. The van der Waals surface area contributed by atoms with Crippen LogP contribution in [-0.4, -0.2) is 11.9 Å². The maximum Gasteiger partial charge on any atom is 0.416 e. The molecule has 0 aromatic heterocycles. The molecule has 7 heteroatoms. The lowest BCUT2D eigenvalue weighted by Crippen LogP contribution is -2.35. The third-order valence-corrected chi connectivity index (χ3v) is 3.00. The fraction of sp³-hybridized carbons (Fsp3) is 0.250. The van der Waals surface area contributed by atoms with Crippen LogP contribution >= 0.6 is 15.9 Å². The van der Waals surface area contributed by atoms with Crippen molar-refractivity contribution in [2.24, 2.45) is 5.73 Å². The highest BCUT2D eigenvalue weighted by molar-refractivity contribution is 9.10. The highest BCUT2D eigenvalue weighted by Gasteiger charge is 2.31. The number of hydrogen-bond acceptors (Lipinski definition) is 2. The van der Waals surface area contributed by atoms with E-state index in [0.717, 1.165) is 12.1 Å². The van der Waals surface area contributed by atoms with Crippen molar-refractivity contribution in [3.05, 3.63) is 40.9 Å². The average Bonchev–Trinajstić information content (AvgIpc) is 2.30. The summed E-state index contributed by atoms with van der Waals surface area (Å²) < 4.78 is 38.0. The number of benzene rings is 1. The smallest absolute Gasteiger partial charge is 0.324 e. The quantitative estimate of drug-likeness (QED) is 0.829. The number of carbonyl (C=O) groups is 1. The van der Waals surface area contributed by atoms with Crippen molar-refractivity contribution >= 4 is 27.5 Å². The number of halogens is 4. The van der Waals surface area contributed by atoms with E-state index in [1.54, 1.807) is 0 Å². The molecule has 1 unspecified atom stereocenters. The zero-order valence-corrected chi connectivity index (χ0v) is 11.4. The number of alkyl halides is 3. The molecule has 0 fully saturated rings. The van der Waals surface area contributed by atoms with Gasteiger partial charge in [-0.05, 0) is 40.5 Å². The first kappa shape index (κ1) is 15.7. The van der Waals surface area contributed by atoms with Crippen molar-refractivity contribution < 1.29 is 18.0 Å². The molecule has 0 saturated carbocycles. The number of nitrogens with two attached hydrogens (primary N) is 1. The summed E-state index contributed by atoms with van der Waals surface area (Å²) in [5.41, 5.74) is 4.71. The molecule has 3 nitrogen and oxygen atoms in total. The number of rotatable bonds is 4. The molecule has 0 aliphatic carbocycles. The fourth-order valence-corrected chi connectivity index (χ4v) is 1.66. The van der Waals surface area contributed by atoms with Gasteiger partial charge in [0.2, 0.25) is 5.91 Å². The highest BCUT2D eigenvalue weighted by atomic mass is 79.9. The lowest BCUT2D eigenvalue weighted by atomic mass is 10.1. The van der Waals surface area contributed by atoms with E-state index in [1.807, 2.05) is 0 Å². The van der Waals surface area contributed by atoms with Crippen LogP contribution in [0.1, 0.15) is 12.0 Å². The van der Waals surface area contributed by atoms with Crippen LogP contribution in [0.4, 0.5) is 18.9 Å². The zero-order valence-electron chi connectivity index (χ0n) is 9.80. The molecule has 0 saturated heterocycles. The van der Waals surface area contributed by atoms with E-state index in [2.05, 4.69) is 27.8 Å². The lowest BCUT2D eigenvalue weighted by Gasteiger charge is -2.14. The van der Waals surface area contributed by atoms with Gasteiger partial charge in [0.25, 0.3) is 0 Å². The second kappa shape index (κ2) is 6.21. The second-order valence-electron chi connectivity index (χ2n) is 3.81. The largest absolute Gasteiger partial charge is 0.416 e. The van der Waals surface area contributed by atoms with Crippen molar-refractivity contribution in [2.75, 3.05) is 5.32 Å². The Bertz CT molecular complexity index is 488. The van der Waals surface area contributed by atoms with Gasteiger partial charge in [0, 0.05) is 4.47 Å². The Morgan fingerprint density at radius 3 is 2.68 bits per heavy atom. The van der Waals surface area contributed by atoms with E-state index in [9.17, 15) is 18.0 Å². The summed E-state index contributed by atoms with van der Waals surface area (Å²) in [6.45, 7) is 3.44. The number of amides is 1. The fourth-order valence-electron chi connectivity index (χ4n) is 1.31. The van der Waals surface area contributed by atoms with Crippen molar-refractivity contribution in [2.45, 2.75) is 18.6 Å². The molecule has 104 valence electrons. The molecule has 0 bridgehead atoms. The van der Waals surface area contributed by atoms with Crippen LogP contribution in [0.3, 0.4) is 0 Å². The van der Waals surface area contributed by atoms with Crippen LogP contribution in [0.25, 0.3) is 0 Å². The van der Waals surface area contributed by atoms with Crippen LogP contribution < -0.4 is 11.1 Å². The predicted octanol–water partition coefficient (Wildman–Crippen LogP) is 3.31. The first-order chi connectivity index (χ1) is 8.75. The minimum absolute atomic E-state index is 0.0272. The third kappa shape index (κ3) is 4.36. The summed E-state index contributed by atoms with van der Waals surface area (Å²) in [6, 6.07) is 2.14. The van der Waals surface area contributed by atoms with Crippen LogP contribution in [0.15, 0.2) is 35.3 Å². The number of carbonyl (C=O) groups excluding carboxylic acids is 1. The van der Waals surface area contributed by atoms with Crippen molar-refractivity contribution in [1.29, 1.82) is 0 Å². The molecule has 1 amide bonds. The predicted molar refractivity (Wildman–Crippen MR) is 70.6 cm³/mol. The molecule has 19 heavy (non-hydrogen) atoms. The van der Waals surface area contributed by atoms with Gasteiger partial charge in [0.05, 0.1) is 17.3 Å². The van der Waals surface area contributed by atoms with Crippen LogP contribution in [0.5, 0.6) is 0 Å². The first-order valence-corrected chi connectivity index (χ1v) is 6.09. The van der Waals surface area contributed by atoms with Crippen LogP contribution in [-0.2, 0) is 11.0 Å². The van der Waals surface area contributed by atoms with Crippen LogP contribution in [0.2, 0.25) is 0 Å². The highest BCUT2D eigenvalue weighted by Crippen LogP contribution is 2.33. The molecule has 0 radical (unpaired) electrons. The Morgan fingerprint density at radius 1 is 1.53 bits per heavy atom. The van der Waals surface area contributed by atoms with Gasteiger partial charge >= 0.3 is 6.18 Å². The maximum atomic E-state index is 12.6. The number of anilines is 1. The standard InChI is InChI=1S/C12H12BrF3N2O/c1-2-3-9(17)11(19)18-10-6-7(12(14,15)16)4-5-8(10)13/h2,4-6,9H,1,3,17H2,(H,18,19). The molecule has 1 atom stereocenters. The Kier molecular flexibility index (Phi) is 5.13. The van der Waals surface area contributed by atoms with E-state index in [0.29, 0.717) is 4.47 Å². The van der Waals surface area contributed by atoms with Gasteiger partial charge in [-0.1, -0.05) is 6.08 Å². The van der Waals surface area contributed by atoms with E-state index in [-0.39, 0.29) is 12.1 Å². The van der Waals surface area contributed by atoms with Gasteiger partial charge in [-0.15, -0.1) is 6.58 Å². The normalized spacial score (nSPS) is 12.9. The second-order valence-corrected chi connectivity index (χ2v) is 4.67. The van der Waals surface area contributed by atoms with Gasteiger partial charge in [0.1, 0.15) is 0 Å². The summed E-state index contributed by atoms with van der Waals surface area (Å²) in [4.78, 5) is 11.6. The lowest BCUT2D eigenvalue weighted by molar-refractivity contribution is -0.137. The molecule has 0 aliphatic heterocycles. The minimum Gasteiger partial charge on any atom is -0.324 e. The summed E-state index contributed by atoms with van der Waals surface area (Å²) in [6.07, 6.45) is -2.77. The van der Waals surface area contributed by atoms with E-state index >= 15 is 0 Å². The Balaban J connectivity index is 2.95. The number of nitrogens with one attached hydrogen (secondary N) is 1. The van der Waals surface area contributed by atoms with Crippen molar-refractivity contribution in [3.8, 4) is 0 Å².